The second kappa shape index (κ2) is 9.29. The Morgan fingerprint density at radius 2 is 1.64 bits per heavy atom. The lowest BCUT2D eigenvalue weighted by Crippen LogP contribution is -2.29. The van der Waals surface area contributed by atoms with Crippen LogP contribution in [0.5, 0.6) is 0 Å². The molecule has 2 aromatic carbocycles. The van der Waals surface area contributed by atoms with Crippen LogP contribution in [-0.2, 0) is 17.9 Å². The number of benzene rings is 2. The van der Waals surface area contributed by atoms with Crippen LogP contribution < -0.4 is 5.32 Å². The van der Waals surface area contributed by atoms with Crippen molar-refractivity contribution in [3.8, 4) is 6.07 Å². The first-order valence-corrected chi connectivity index (χ1v) is 8.34. The molecule has 0 spiro atoms. The Kier molecular flexibility index (Phi) is 6.79. The van der Waals surface area contributed by atoms with Gasteiger partial charge in [0, 0.05) is 25.3 Å². The molecule has 0 saturated heterocycles. The third kappa shape index (κ3) is 5.82. The van der Waals surface area contributed by atoms with Crippen LogP contribution in [0.1, 0.15) is 25.0 Å². The van der Waals surface area contributed by atoms with Gasteiger partial charge in [-0.1, -0.05) is 60.7 Å². The van der Waals surface area contributed by atoms with E-state index in [0.717, 1.165) is 11.1 Å². The molecule has 0 aliphatic rings. The maximum Gasteiger partial charge on any atom is 0.263 e. The summed E-state index contributed by atoms with van der Waals surface area (Å²) in [5.41, 5.74) is 2.24. The number of carbonyl (C=O) groups is 1. The number of hydrogen-bond acceptors (Lipinski definition) is 3. The third-order valence-electron chi connectivity index (χ3n) is 3.83. The van der Waals surface area contributed by atoms with Crippen LogP contribution in [0.2, 0.25) is 0 Å². The summed E-state index contributed by atoms with van der Waals surface area (Å²) in [7, 11) is 0. The van der Waals surface area contributed by atoms with Gasteiger partial charge in [0.1, 0.15) is 11.6 Å². The molecule has 128 valence electrons. The minimum absolute atomic E-state index is 0.112. The lowest BCUT2D eigenvalue weighted by atomic mass is 10.1. The standard InChI is InChI=1S/C21H23N3O/c1-17(2)24(15-19-11-7-4-8-12-19)16-20(13-22)21(25)23-14-18-9-5-3-6-10-18/h3-12,16-17H,14-15H2,1-2H3,(H,23,25)/b20-16-. The van der Waals surface area contributed by atoms with E-state index in [-0.39, 0.29) is 17.5 Å². The first-order chi connectivity index (χ1) is 12.1. The first-order valence-electron chi connectivity index (χ1n) is 8.34. The predicted molar refractivity (Wildman–Crippen MR) is 99.1 cm³/mol. The van der Waals surface area contributed by atoms with Crippen LogP contribution in [0.3, 0.4) is 0 Å². The SMILES string of the molecule is CC(C)N(/C=C(/C#N)C(=O)NCc1ccccc1)Cc1ccccc1. The fourth-order valence-electron chi connectivity index (χ4n) is 2.35. The molecule has 2 aromatic rings. The molecular weight excluding hydrogens is 310 g/mol. The Balaban J connectivity index is 2.07. The van der Waals surface area contributed by atoms with E-state index in [9.17, 15) is 10.1 Å². The van der Waals surface area contributed by atoms with Gasteiger partial charge in [-0.3, -0.25) is 4.79 Å². The summed E-state index contributed by atoms with van der Waals surface area (Å²) in [6.07, 6.45) is 1.65. The van der Waals surface area contributed by atoms with Crippen molar-refractivity contribution in [2.24, 2.45) is 0 Å². The van der Waals surface area contributed by atoms with E-state index in [1.54, 1.807) is 6.20 Å². The molecule has 0 saturated carbocycles. The predicted octanol–water partition coefficient (Wildman–Crippen LogP) is 3.62. The highest BCUT2D eigenvalue weighted by atomic mass is 16.1. The van der Waals surface area contributed by atoms with Crippen molar-refractivity contribution in [3.63, 3.8) is 0 Å². The number of amides is 1. The minimum atomic E-state index is -0.356. The second-order valence-electron chi connectivity index (χ2n) is 6.07. The highest BCUT2D eigenvalue weighted by Gasteiger charge is 2.13. The molecular formula is C21H23N3O. The van der Waals surface area contributed by atoms with Crippen molar-refractivity contribution in [1.29, 1.82) is 5.26 Å². The van der Waals surface area contributed by atoms with Crippen molar-refractivity contribution in [2.45, 2.75) is 33.0 Å². The molecule has 25 heavy (non-hydrogen) atoms. The van der Waals surface area contributed by atoms with Gasteiger partial charge >= 0.3 is 0 Å². The van der Waals surface area contributed by atoms with Gasteiger partial charge in [-0.25, -0.2) is 0 Å². The summed E-state index contributed by atoms with van der Waals surface area (Å²) in [6.45, 7) is 5.13. The lowest BCUT2D eigenvalue weighted by molar-refractivity contribution is -0.117. The molecule has 1 amide bonds. The molecule has 0 heterocycles. The average Bonchev–Trinajstić information content (AvgIpc) is 2.64. The number of nitriles is 1. The molecule has 4 heteroatoms. The average molecular weight is 333 g/mol. The van der Waals surface area contributed by atoms with E-state index in [1.807, 2.05) is 85.5 Å². The molecule has 0 aliphatic carbocycles. The number of nitrogens with one attached hydrogen (secondary N) is 1. The summed E-state index contributed by atoms with van der Waals surface area (Å²) < 4.78 is 0. The molecule has 0 aliphatic heterocycles. The van der Waals surface area contributed by atoms with Gasteiger partial charge in [-0.2, -0.15) is 5.26 Å². The molecule has 0 aromatic heterocycles. The molecule has 0 fully saturated rings. The van der Waals surface area contributed by atoms with E-state index >= 15 is 0 Å². The highest BCUT2D eigenvalue weighted by molar-refractivity contribution is 5.97. The summed E-state index contributed by atoms with van der Waals surface area (Å²) >= 11 is 0. The van der Waals surface area contributed by atoms with Crippen molar-refractivity contribution in [3.05, 3.63) is 83.6 Å². The largest absolute Gasteiger partial charge is 0.369 e. The Hall–Kier alpha value is -3.06. The Morgan fingerprint density at radius 1 is 1.08 bits per heavy atom. The molecule has 0 radical (unpaired) electrons. The Morgan fingerprint density at radius 3 is 2.16 bits per heavy atom. The quantitative estimate of drug-likeness (QED) is 0.622. The number of rotatable bonds is 7. The van der Waals surface area contributed by atoms with Crippen molar-refractivity contribution in [1.82, 2.24) is 10.2 Å². The van der Waals surface area contributed by atoms with Crippen molar-refractivity contribution < 1.29 is 4.79 Å². The second-order valence-corrected chi connectivity index (χ2v) is 6.07. The van der Waals surface area contributed by atoms with E-state index in [2.05, 4.69) is 5.32 Å². The number of hydrogen-bond donors (Lipinski definition) is 1. The summed E-state index contributed by atoms with van der Waals surface area (Å²) in [5, 5.41) is 12.2. The van der Waals surface area contributed by atoms with Gasteiger partial charge in [0.05, 0.1) is 0 Å². The monoisotopic (exact) mass is 333 g/mol. The molecule has 1 N–H and O–H groups in total. The van der Waals surface area contributed by atoms with E-state index in [1.165, 1.54) is 0 Å². The third-order valence-corrected chi connectivity index (χ3v) is 3.83. The molecule has 2 rings (SSSR count). The van der Waals surface area contributed by atoms with Gasteiger partial charge in [0.2, 0.25) is 0 Å². The van der Waals surface area contributed by atoms with Gasteiger partial charge in [-0.15, -0.1) is 0 Å². The van der Waals surface area contributed by atoms with Crippen LogP contribution in [0.4, 0.5) is 0 Å². The van der Waals surface area contributed by atoms with Gasteiger partial charge in [-0.05, 0) is 25.0 Å². The zero-order chi connectivity index (χ0) is 18.1. The smallest absolute Gasteiger partial charge is 0.263 e. The maximum absolute atomic E-state index is 12.3. The van der Waals surface area contributed by atoms with Crippen LogP contribution >= 0.6 is 0 Å². The molecule has 4 nitrogen and oxygen atoms in total. The van der Waals surface area contributed by atoms with E-state index in [4.69, 9.17) is 0 Å². The topological polar surface area (TPSA) is 56.1 Å². The Bertz CT molecular complexity index is 746. The maximum atomic E-state index is 12.3. The summed E-state index contributed by atoms with van der Waals surface area (Å²) in [5.74, 6) is -0.356. The van der Waals surface area contributed by atoms with Gasteiger partial charge < -0.3 is 10.2 Å². The van der Waals surface area contributed by atoms with Crippen LogP contribution in [0.25, 0.3) is 0 Å². The molecule has 0 unspecified atom stereocenters. The molecule has 0 bridgehead atoms. The zero-order valence-corrected chi connectivity index (χ0v) is 14.6. The van der Waals surface area contributed by atoms with Gasteiger partial charge in [0.25, 0.3) is 5.91 Å². The van der Waals surface area contributed by atoms with Crippen molar-refractivity contribution >= 4 is 5.91 Å². The number of carbonyl (C=O) groups excluding carboxylic acids is 1. The normalized spacial score (nSPS) is 11.0. The van der Waals surface area contributed by atoms with E-state index in [0.29, 0.717) is 13.1 Å². The zero-order valence-electron chi connectivity index (χ0n) is 14.6. The van der Waals surface area contributed by atoms with E-state index < -0.39 is 0 Å². The van der Waals surface area contributed by atoms with Crippen LogP contribution in [0.15, 0.2) is 72.4 Å². The molecule has 0 atom stereocenters. The first kappa shape index (κ1) is 18.3. The summed E-state index contributed by atoms with van der Waals surface area (Å²) in [6, 6.07) is 21.8. The van der Waals surface area contributed by atoms with Crippen molar-refractivity contribution in [2.75, 3.05) is 0 Å². The fraction of sp³-hybridized carbons (Fsp3) is 0.238. The number of nitrogens with zero attached hydrogens (tertiary/aromatic N) is 2. The summed E-state index contributed by atoms with van der Waals surface area (Å²) in [4.78, 5) is 14.3. The Labute approximate surface area is 149 Å². The van der Waals surface area contributed by atoms with Crippen LogP contribution in [-0.4, -0.2) is 16.8 Å². The highest BCUT2D eigenvalue weighted by Crippen LogP contribution is 2.11. The van der Waals surface area contributed by atoms with Gasteiger partial charge in [0.15, 0.2) is 0 Å². The lowest BCUT2D eigenvalue weighted by Gasteiger charge is -2.25. The van der Waals surface area contributed by atoms with Crippen LogP contribution in [0, 0.1) is 11.3 Å². The minimum Gasteiger partial charge on any atom is -0.369 e. The fourth-order valence-corrected chi connectivity index (χ4v) is 2.35.